The van der Waals surface area contributed by atoms with E-state index in [9.17, 15) is 9.59 Å². The van der Waals surface area contributed by atoms with Crippen LogP contribution in [0.4, 0.5) is 10.5 Å². The van der Waals surface area contributed by atoms with Gasteiger partial charge in [0.1, 0.15) is 16.5 Å². The van der Waals surface area contributed by atoms with Gasteiger partial charge in [-0.25, -0.2) is 9.78 Å². The van der Waals surface area contributed by atoms with Crippen molar-refractivity contribution in [2.75, 3.05) is 25.5 Å². The number of rotatable bonds is 10. The molecular weight excluding hydrogens is 400 g/mol. The van der Waals surface area contributed by atoms with Crippen molar-refractivity contribution in [2.24, 2.45) is 0 Å². The third-order valence-electron chi connectivity index (χ3n) is 4.58. The predicted molar refractivity (Wildman–Crippen MR) is 121 cm³/mol. The molecule has 1 aromatic heterocycles. The van der Waals surface area contributed by atoms with Gasteiger partial charge in [-0.1, -0.05) is 13.8 Å². The molecule has 2 rings (SSSR count). The fourth-order valence-electron chi connectivity index (χ4n) is 3.00. The van der Waals surface area contributed by atoms with Crippen molar-refractivity contribution in [3.8, 4) is 5.75 Å². The van der Waals surface area contributed by atoms with Gasteiger partial charge in [0.15, 0.2) is 0 Å². The van der Waals surface area contributed by atoms with Gasteiger partial charge < -0.3 is 19.9 Å². The van der Waals surface area contributed by atoms with E-state index < -0.39 is 0 Å². The van der Waals surface area contributed by atoms with Crippen molar-refractivity contribution >= 4 is 29.0 Å². The maximum absolute atomic E-state index is 12.8. The molecule has 0 saturated heterocycles. The molecule has 0 fully saturated rings. The average molecular weight is 433 g/mol. The van der Waals surface area contributed by atoms with Crippen molar-refractivity contribution in [3.63, 3.8) is 0 Å². The van der Waals surface area contributed by atoms with Crippen LogP contribution in [0.2, 0.25) is 0 Å². The normalized spacial score (nSPS) is 10.7. The summed E-state index contributed by atoms with van der Waals surface area (Å²) in [5.74, 6) is 0.689. The summed E-state index contributed by atoms with van der Waals surface area (Å²) in [5, 5.41) is 5.44. The lowest BCUT2D eigenvalue weighted by molar-refractivity contribution is 0.0750. The molecule has 0 atom stereocenters. The molecule has 0 saturated carbocycles. The SMILES string of the molecule is CCCN(CCC)C(=O)c1csc(CN(C(=O)Nc2ccc(OC)cc2)C(C)C)n1. The third kappa shape index (κ3) is 6.45. The highest BCUT2D eigenvalue weighted by molar-refractivity contribution is 7.09. The topological polar surface area (TPSA) is 74.8 Å². The van der Waals surface area contributed by atoms with Gasteiger partial charge in [-0.3, -0.25) is 4.79 Å². The Kier molecular flexibility index (Phi) is 9.11. The summed E-state index contributed by atoms with van der Waals surface area (Å²) in [4.78, 5) is 33.6. The number of benzene rings is 1. The first-order valence-corrected chi connectivity index (χ1v) is 11.2. The van der Waals surface area contributed by atoms with Crippen LogP contribution in [0.1, 0.15) is 56.0 Å². The predicted octanol–water partition coefficient (Wildman–Crippen LogP) is 4.86. The molecule has 0 bridgehead atoms. The third-order valence-corrected chi connectivity index (χ3v) is 5.41. The summed E-state index contributed by atoms with van der Waals surface area (Å²) in [7, 11) is 1.60. The minimum Gasteiger partial charge on any atom is -0.497 e. The van der Waals surface area contributed by atoms with Crippen LogP contribution in [0.25, 0.3) is 0 Å². The Hall–Kier alpha value is -2.61. The summed E-state index contributed by atoms with van der Waals surface area (Å²) in [6.07, 6.45) is 1.82. The van der Waals surface area contributed by atoms with E-state index in [1.807, 2.05) is 18.7 Å². The molecule has 30 heavy (non-hydrogen) atoms. The maximum atomic E-state index is 12.8. The molecule has 1 N–H and O–H groups in total. The lowest BCUT2D eigenvalue weighted by Crippen LogP contribution is -2.39. The second-order valence-electron chi connectivity index (χ2n) is 7.30. The Balaban J connectivity index is 2.07. The number of carbonyl (C=O) groups excluding carboxylic acids is 2. The Bertz CT molecular complexity index is 814. The Morgan fingerprint density at radius 1 is 1.13 bits per heavy atom. The zero-order valence-corrected chi connectivity index (χ0v) is 19.3. The summed E-state index contributed by atoms with van der Waals surface area (Å²) in [6.45, 7) is 9.83. The molecule has 7 nitrogen and oxygen atoms in total. The summed E-state index contributed by atoms with van der Waals surface area (Å²) >= 11 is 1.41. The number of nitrogens with zero attached hydrogens (tertiary/aromatic N) is 3. The van der Waals surface area contributed by atoms with Crippen molar-refractivity contribution in [2.45, 2.75) is 53.1 Å². The smallest absolute Gasteiger partial charge is 0.322 e. The molecule has 1 heterocycles. The summed E-state index contributed by atoms with van der Waals surface area (Å²) in [6, 6.07) is 6.95. The van der Waals surface area contributed by atoms with E-state index in [2.05, 4.69) is 24.1 Å². The second kappa shape index (κ2) is 11.5. The number of methoxy groups -OCH3 is 1. The molecule has 0 unspecified atom stereocenters. The molecule has 0 radical (unpaired) electrons. The van der Waals surface area contributed by atoms with E-state index in [0.717, 1.165) is 36.7 Å². The van der Waals surface area contributed by atoms with Crippen molar-refractivity contribution in [1.82, 2.24) is 14.8 Å². The lowest BCUT2D eigenvalue weighted by Gasteiger charge is -2.26. The van der Waals surface area contributed by atoms with Gasteiger partial charge in [0, 0.05) is 30.2 Å². The Morgan fingerprint density at radius 3 is 2.30 bits per heavy atom. The molecule has 164 valence electrons. The monoisotopic (exact) mass is 432 g/mol. The van der Waals surface area contributed by atoms with Crippen molar-refractivity contribution < 1.29 is 14.3 Å². The van der Waals surface area contributed by atoms with Gasteiger partial charge in [-0.05, 0) is 51.0 Å². The minimum absolute atomic E-state index is 0.0250. The first-order valence-electron chi connectivity index (χ1n) is 10.3. The van der Waals surface area contributed by atoms with Crippen LogP contribution in [0, 0.1) is 0 Å². The number of aromatic nitrogens is 1. The average Bonchev–Trinajstić information content (AvgIpc) is 3.20. The van der Waals surface area contributed by atoms with Crippen molar-refractivity contribution in [3.05, 3.63) is 40.3 Å². The fraction of sp³-hybridized carbons (Fsp3) is 0.500. The van der Waals surface area contributed by atoms with E-state index in [-0.39, 0.29) is 18.0 Å². The molecule has 8 heteroatoms. The summed E-state index contributed by atoms with van der Waals surface area (Å²) in [5.41, 5.74) is 1.15. The van der Waals surface area contributed by atoms with Gasteiger partial charge in [-0.2, -0.15) is 0 Å². The highest BCUT2D eigenvalue weighted by Crippen LogP contribution is 2.19. The number of amides is 3. The van der Waals surface area contributed by atoms with Gasteiger partial charge in [0.2, 0.25) is 0 Å². The number of hydrogen-bond donors (Lipinski definition) is 1. The number of hydrogen-bond acceptors (Lipinski definition) is 5. The molecule has 0 aliphatic rings. The molecule has 0 aliphatic carbocycles. The van der Waals surface area contributed by atoms with Gasteiger partial charge in [0.05, 0.1) is 13.7 Å². The molecule has 1 aromatic carbocycles. The van der Waals surface area contributed by atoms with Crippen LogP contribution in [0.3, 0.4) is 0 Å². The molecule has 3 amide bonds. The van der Waals surface area contributed by atoms with E-state index in [0.29, 0.717) is 17.9 Å². The lowest BCUT2D eigenvalue weighted by atomic mass is 10.3. The van der Waals surface area contributed by atoms with E-state index >= 15 is 0 Å². The van der Waals surface area contributed by atoms with Crippen LogP contribution >= 0.6 is 11.3 Å². The first kappa shape index (κ1) is 23.7. The molecule has 0 aliphatic heterocycles. The van der Waals surface area contributed by atoms with Crippen LogP contribution in [-0.4, -0.2) is 53.0 Å². The Labute approximate surface area is 183 Å². The quantitative estimate of drug-likeness (QED) is 0.582. The molecule has 0 spiro atoms. The van der Waals surface area contributed by atoms with E-state index in [1.165, 1.54) is 11.3 Å². The highest BCUT2D eigenvalue weighted by Gasteiger charge is 2.22. The number of thiazole rings is 1. The summed E-state index contributed by atoms with van der Waals surface area (Å²) < 4.78 is 5.15. The number of anilines is 1. The van der Waals surface area contributed by atoms with Crippen LogP contribution in [0.5, 0.6) is 5.75 Å². The van der Waals surface area contributed by atoms with Crippen LogP contribution < -0.4 is 10.1 Å². The van der Waals surface area contributed by atoms with Gasteiger partial charge in [0.25, 0.3) is 5.91 Å². The van der Waals surface area contributed by atoms with Crippen LogP contribution in [0.15, 0.2) is 29.6 Å². The first-order chi connectivity index (χ1) is 14.4. The number of ether oxygens (including phenoxy) is 1. The van der Waals surface area contributed by atoms with Gasteiger partial charge in [-0.15, -0.1) is 11.3 Å². The largest absolute Gasteiger partial charge is 0.497 e. The standard InChI is InChI=1S/C22H32N4O3S/c1-6-12-25(13-7-2)21(27)19-15-30-20(24-19)14-26(16(3)4)22(28)23-17-8-10-18(29-5)11-9-17/h8-11,15-16H,6-7,12-14H2,1-5H3,(H,23,28). The maximum Gasteiger partial charge on any atom is 0.322 e. The minimum atomic E-state index is -0.211. The Morgan fingerprint density at radius 2 is 1.77 bits per heavy atom. The van der Waals surface area contributed by atoms with Crippen LogP contribution in [-0.2, 0) is 6.54 Å². The second-order valence-corrected chi connectivity index (χ2v) is 8.24. The zero-order valence-electron chi connectivity index (χ0n) is 18.5. The fourth-order valence-corrected chi connectivity index (χ4v) is 3.77. The number of urea groups is 1. The molecule has 2 aromatic rings. The number of nitrogens with one attached hydrogen (secondary N) is 1. The van der Waals surface area contributed by atoms with E-state index in [4.69, 9.17) is 4.74 Å². The molecular formula is C22H32N4O3S. The highest BCUT2D eigenvalue weighted by atomic mass is 32.1. The van der Waals surface area contributed by atoms with Gasteiger partial charge >= 0.3 is 6.03 Å². The zero-order chi connectivity index (χ0) is 22.1. The number of carbonyl (C=O) groups is 2. The van der Waals surface area contributed by atoms with E-state index in [1.54, 1.807) is 41.7 Å². The van der Waals surface area contributed by atoms with Crippen molar-refractivity contribution in [1.29, 1.82) is 0 Å².